The number of nitrogens with one attached hydrogen (secondary N) is 1. The van der Waals surface area contributed by atoms with Gasteiger partial charge in [0, 0.05) is 5.02 Å². The zero-order chi connectivity index (χ0) is 16.3. The number of nitrogens with zero attached hydrogens (tertiary/aromatic N) is 1. The molecular weight excluding hydrogens is 324 g/mol. The van der Waals surface area contributed by atoms with Crippen molar-refractivity contribution in [1.82, 2.24) is 10.3 Å². The molecule has 0 radical (unpaired) electrons. The Hall–Kier alpha value is -1.92. The molecule has 5 nitrogen and oxygen atoms in total. The third-order valence-corrected chi connectivity index (χ3v) is 4.76. The first-order valence-corrected chi connectivity index (χ1v) is 7.81. The molecule has 0 aliphatic heterocycles. The van der Waals surface area contributed by atoms with Gasteiger partial charge in [0.05, 0.1) is 18.2 Å². The number of hydrogen-bond acceptors (Lipinski definition) is 4. The van der Waals surface area contributed by atoms with Crippen molar-refractivity contribution in [3.63, 3.8) is 0 Å². The highest BCUT2D eigenvalue weighted by molar-refractivity contribution is 7.13. The van der Waals surface area contributed by atoms with Crippen LogP contribution in [0.25, 0.3) is 0 Å². The van der Waals surface area contributed by atoms with Crippen LogP contribution in [0.4, 0.5) is 0 Å². The van der Waals surface area contributed by atoms with Crippen molar-refractivity contribution in [2.24, 2.45) is 0 Å². The minimum atomic E-state index is -1.00. The Morgan fingerprint density at radius 2 is 2.09 bits per heavy atom. The number of halogens is 1. The summed E-state index contributed by atoms with van der Waals surface area (Å²) < 4.78 is 0. The number of aryl methyl sites for hydroxylation is 1. The fourth-order valence-electron chi connectivity index (χ4n) is 1.97. The first-order valence-electron chi connectivity index (χ1n) is 6.62. The monoisotopic (exact) mass is 338 g/mol. The van der Waals surface area contributed by atoms with Crippen LogP contribution in [-0.2, 0) is 11.2 Å². The van der Waals surface area contributed by atoms with Crippen molar-refractivity contribution in [1.29, 1.82) is 0 Å². The summed E-state index contributed by atoms with van der Waals surface area (Å²) in [6.45, 7) is 3.41. The fourth-order valence-corrected chi connectivity index (χ4v) is 3.08. The van der Waals surface area contributed by atoms with Crippen molar-refractivity contribution >= 4 is 34.8 Å². The van der Waals surface area contributed by atoms with Gasteiger partial charge in [0.1, 0.15) is 9.88 Å². The molecule has 1 heterocycles. The topological polar surface area (TPSA) is 79.3 Å². The molecule has 1 aromatic heterocycles. The highest BCUT2D eigenvalue weighted by atomic mass is 35.5. The lowest BCUT2D eigenvalue weighted by Crippen LogP contribution is -2.28. The van der Waals surface area contributed by atoms with Crippen molar-refractivity contribution in [3.05, 3.63) is 50.4 Å². The second-order valence-corrected chi connectivity index (χ2v) is 6.27. The third-order valence-electron chi connectivity index (χ3n) is 3.06. The van der Waals surface area contributed by atoms with E-state index in [4.69, 9.17) is 16.7 Å². The first-order chi connectivity index (χ1) is 10.4. The fraction of sp³-hybridized carbons (Fsp3) is 0.267. The molecular formula is C15H15ClN2O3S. The summed E-state index contributed by atoms with van der Waals surface area (Å²) >= 11 is 7.10. The molecule has 2 rings (SSSR count). The molecule has 1 atom stereocenters. The number of carbonyl (C=O) groups is 2. The van der Waals surface area contributed by atoms with E-state index in [0.717, 1.165) is 16.9 Å². The second kappa shape index (κ2) is 6.89. The number of carbonyl (C=O) groups excluding carboxylic acids is 1. The smallest absolute Gasteiger partial charge is 0.347 e. The second-order valence-electron chi connectivity index (χ2n) is 4.83. The summed E-state index contributed by atoms with van der Waals surface area (Å²) in [5.74, 6) is -1.19. The predicted molar refractivity (Wildman–Crippen MR) is 85.5 cm³/mol. The van der Waals surface area contributed by atoms with Crippen LogP contribution in [0.15, 0.2) is 24.3 Å². The number of carboxylic acids is 1. The van der Waals surface area contributed by atoms with Gasteiger partial charge in [0.2, 0.25) is 5.91 Å². The predicted octanol–water partition coefficient (Wildman–Crippen LogP) is 3.22. The van der Waals surface area contributed by atoms with Crippen LogP contribution >= 0.6 is 22.9 Å². The highest BCUT2D eigenvalue weighted by Gasteiger charge is 2.19. The number of aromatic nitrogens is 1. The molecule has 1 unspecified atom stereocenters. The van der Waals surface area contributed by atoms with E-state index in [-0.39, 0.29) is 23.2 Å². The SMILES string of the molecule is Cc1nc(C(C)NC(=O)Cc2ccccc2Cl)sc1C(=O)O. The Kier molecular flexibility index (Phi) is 5.15. The lowest BCUT2D eigenvalue weighted by Gasteiger charge is -2.11. The molecule has 0 saturated heterocycles. The van der Waals surface area contributed by atoms with E-state index in [1.165, 1.54) is 0 Å². The molecule has 7 heteroatoms. The van der Waals surface area contributed by atoms with Crippen LogP contribution in [-0.4, -0.2) is 22.0 Å². The Morgan fingerprint density at radius 1 is 1.41 bits per heavy atom. The maximum Gasteiger partial charge on any atom is 0.347 e. The van der Waals surface area contributed by atoms with Crippen molar-refractivity contribution in [3.8, 4) is 0 Å². The van der Waals surface area contributed by atoms with Crippen LogP contribution in [0.1, 0.15) is 38.9 Å². The van der Waals surface area contributed by atoms with Gasteiger partial charge >= 0.3 is 5.97 Å². The number of rotatable bonds is 5. The maximum atomic E-state index is 12.1. The molecule has 0 spiro atoms. The summed E-state index contributed by atoms with van der Waals surface area (Å²) in [6.07, 6.45) is 0.167. The zero-order valence-corrected chi connectivity index (χ0v) is 13.7. The number of carboxylic acid groups (broad SMARTS) is 1. The molecule has 0 fully saturated rings. The van der Waals surface area contributed by atoms with Gasteiger partial charge < -0.3 is 10.4 Å². The van der Waals surface area contributed by atoms with Gasteiger partial charge in [-0.25, -0.2) is 9.78 Å². The number of aromatic carboxylic acids is 1. The van der Waals surface area contributed by atoms with Gasteiger partial charge in [-0.1, -0.05) is 29.8 Å². The van der Waals surface area contributed by atoms with E-state index in [1.54, 1.807) is 32.0 Å². The number of hydrogen-bond donors (Lipinski definition) is 2. The largest absolute Gasteiger partial charge is 0.477 e. The van der Waals surface area contributed by atoms with Crippen molar-refractivity contribution < 1.29 is 14.7 Å². The Bertz CT molecular complexity index is 715. The zero-order valence-electron chi connectivity index (χ0n) is 12.1. The lowest BCUT2D eigenvalue weighted by atomic mass is 10.1. The minimum absolute atomic E-state index is 0.167. The van der Waals surface area contributed by atoms with Crippen molar-refractivity contribution in [2.75, 3.05) is 0 Å². The van der Waals surface area contributed by atoms with Crippen LogP contribution in [0.5, 0.6) is 0 Å². The van der Waals surface area contributed by atoms with Crippen LogP contribution < -0.4 is 5.32 Å². The molecule has 2 N–H and O–H groups in total. The lowest BCUT2D eigenvalue weighted by molar-refractivity contribution is -0.121. The van der Waals surface area contributed by atoms with E-state index in [1.807, 2.05) is 6.07 Å². The van der Waals surface area contributed by atoms with Gasteiger partial charge in [-0.2, -0.15) is 0 Å². The number of thiazole rings is 1. The summed E-state index contributed by atoms with van der Waals surface area (Å²) in [6, 6.07) is 6.80. The summed E-state index contributed by atoms with van der Waals surface area (Å²) in [7, 11) is 0. The van der Waals surface area contributed by atoms with Gasteiger partial charge in [0.15, 0.2) is 0 Å². The van der Waals surface area contributed by atoms with Crippen LogP contribution in [0.2, 0.25) is 5.02 Å². The first kappa shape index (κ1) is 16.5. The van der Waals surface area contributed by atoms with E-state index in [0.29, 0.717) is 15.7 Å². The van der Waals surface area contributed by atoms with Gasteiger partial charge in [0.25, 0.3) is 0 Å². The van der Waals surface area contributed by atoms with E-state index >= 15 is 0 Å². The highest BCUT2D eigenvalue weighted by Crippen LogP contribution is 2.24. The van der Waals surface area contributed by atoms with Gasteiger partial charge in [-0.15, -0.1) is 11.3 Å². The number of benzene rings is 1. The molecule has 2 aromatic rings. The summed E-state index contributed by atoms with van der Waals surface area (Å²) in [4.78, 5) is 27.5. The Morgan fingerprint density at radius 3 is 2.68 bits per heavy atom. The normalized spacial score (nSPS) is 12.0. The van der Waals surface area contributed by atoms with E-state index in [2.05, 4.69) is 10.3 Å². The average molecular weight is 339 g/mol. The molecule has 1 amide bonds. The van der Waals surface area contributed by atoms with E-state index in [9.17, 15) is 9.59 Å². The minimum Gasteiger partial charge on any atom is -0.477 e. The maximum absolute atomic E-state index is 12.1. The Labute approximate surface area is 137 Å². The van der Waals surface area contributed by atoms with Crippen LogP contribution in [0.3, 0.4) is 0 Å². The van der Waals surface area contributed by atoms with Gasteiger partial charge in [-0.3, -0.25) is 4.79 Å². The molecule has 0 aliphatic rings. The number of amides is 1. The van der Waals surface area contributed by atoms with Crippen molar-refractivity contribution in [2.45, 2.75) is 26.3 Å². The molecule has 0 aliphatic carbocycles. The summed E-state index contributed by atoms with van der Waals surface area (Å²) in [5.41, 5.74) is 1.20. The molecule has 0 saturated carbocycles. The Balaban J connectivity index is 2.04. The van der Waals surface area contributed by atoms with E-state index < -0.39 is 5.97 Å². The quantitative estimate of drug-likeness (QED) is 0.877. The molecule has 0 bridgehead atoms. The molecule has 22 heavy (non-hydrogen) atoms. The molecule has 1 aromatic carbocycles. The average Bonchev–Trinajstić information content (AvgIpc) is 2.83. The third kappa shape index (κ3) is 3.84. The summed E-state index contributed by atoms with van der Waals surface area (Å²) in [5, 5.41) is 13.0. The standard InChI is InChI=1S/C15H15ClN2O3S/c1-8-13(15(20)21)22-14(18-8)9(2)17-12(19)7-10-5-3-4-6-11(10)16/h3-6,9H,7H2,1-2H3,(H,17,19)(H,20,21). The van der Waals surface area contributed by atoms with Gasteiger partial charge in [-0.05, 0) is 25.5 Å². The van der Waals surface area contributed by atoms with Crippen LogP contribution in [0, 0.1) is 6.92 Å². The molecule has 116 valence electrons.